The number of rotatable bonds is 10. The lowest BCUT2D eigenvalue weighted by molar-refractivity contribution is 0.102. The maximum absolute atomic E-state index is 13.1. The van der Waals surface area contributed by atoms with Gasteiger partial charge in [0.2, 0.25) is 0 Å². The van der Waals surface area contributed by atoms with E-state index in [2.05, 4.69) is 15.3 Å². The molecule has 0 aliphatic heterocycles. The van der Waals surface area contributed by atoms with E-state index < -0.39 is 0 Å². The number of nitrogens with one attached hydrogen (secondary N) is 1. The first kappa shape index (κ1) is 21.4. The molecule has 6 nitrogen and oxygen atoms in total. The first-order valence-corrected chi connectivity index (χ1v) is 9.71. The van der Waals surface area contributed by atoms with Crippen LogP contribution in [0.4, 0.5) is 10.2 Å². The van der Waals surface area contributed by atoms with Gasteiger partial charge in [-0.2, -0.15) is 0 Å². The van der Waals surface area contributed by atoms with E-state index in [0.717, 1.165) is 24.0 Å². The van der Waals surface area contributed by atoms with Gasteiger partial charge < -0.3 is 14.8 Å². The van der Waals surface area contributed by atoms with Gasteiger partial charge in [0.25, 0.3) is 5.91 Å². The van der Waals surface area contributed by atoms with Crippen molar-refractivity contribution in [3.63, 3.8) is 0 Å². The summed E-state index contributed by atoms with van der Waals surface area (Å²) in [7, 11) is 1.64. The van der Waals surface area contributed by atoms with Crippen molar-refractivity contribution in [3.8, 4) is 5.75 Å². The number of amides is 1. The van der Waals surface area contributed by atoms with Gasteiger partial charge in [-0.1, -0.05) is 12.1 Å². The van der Waals surface area contributed by atoms with Gasteiger partial charge in [0, 0.05) is 38.1 Å². The van der Waals surface area contributed by atoms with E-state index in [-0.39, 0.29) is 11.7 Å². The summed E-state index contributed by atoms with van der Waals surface area (Å²) < 4.78 is 24.0. The maximum atomic E-state index is 13.1. The molecule has 156 valence electrons. The molecule has 0 fully saturated rings. The number of carbonyl (C=O) groups is 1. The van der Waals surface area contributed by atoms with Crippen molar-refractivity contribution >= 4 is 11.7 Å². The Hall–Kier alpha value is -3.32. The molecule has 0 aliphatic rings. The average Bonchev–Trinajstić information content (AvgIpc) is 2.77. The van der Waals surface area contributed by atoms with E-state index in [1.54, 1.807) is 25.3 Å². The maximum Gasteiger partial charge on any atom is 0.257 e. The molecule has 1 heterocycles. The van der Waals surface area contributed by atoms with Crippen LogP contribution in [0.5, 0.6) is 5.75 Å². The van der Waals surface area contributed by atoms with E-state index in [9.17, 15) is 9.18 Å². The summed E-state index contributed by atoms with van der Waals surface area (Å²) in [6.07, 6.45) is 6.69. The fourth-order valence-electron chi connectivity index (χ4n) is 2.90. The fraction of sp³-hybridized carbons (Fsp3) is 0.261. The van der Waals surface area contributed by atoms with Crippen molar-refractivity contribution in [2.75, 3.05) is 25.6 Å². The summed E-state index contributed by atoms with van der Waals surface area (Å²) in [6.45, 7) is 1.09. The third-order valence-corrected chi connectivity index (χ3v) is 4.41. The van der Waals surface area contributed by atoms with Crippen molar-refractivity contribution in [1.82, 2.24) is 9.97 Å². The smallest absolute Gasteiger partial charge is 0.257 e. The topological polar surface area (TPSA) is 73.3 Å². The summed E-state index contributed by atoms with van der Waals surface area (Å²) >= 11 is 0. The van der Waals surface area contributed by atoms with Crippen LogP contribution >= 0.6 is 0 Å². The number of methoxy groups -OCH3 is 1. The van der Waals surface area contributed by atoms with Crippen LogP contribution < -0.4 is 10.1 Å². The summed E-state index contributed by atoms with van der Waals surface area (Å²) in [5.41, 5.74) is 2.44. The zero-order valence-electron chi connectivity index (χ0n) is 16.8. The van der Waals surface area contributed by atoms with Crippen LogP contribution in [0.25, 0.3) is 0 Å². The van der Waals surface area contributed by atoms with Gasteiger partial charge in [-0.15, -0.1) is 0 Å². The molecule has 0 aliphatic carbocycles. The third kappa shape index (κ3) is 6.63. The molecule has 0 bridgehead atoms. The molecule has 0 radical (unpaired) electrons. The van der Waals surface area contributed by atoms with E-state index in [4.69, 9.17) is 9.47 Å². The van der Waals surface area contributed by atoms with Gasteiger partial charge >= 0.3 is 0 Å². The highest BCUT2D eigenvalue weighted by atomic mass is 19.1. The fourth-order valence-corrected chi connectivity index (χ4v) is 2.90. The van der Waals surface area contributed by atoms with Crippen LogP contribution in [0.15, 0.2) is 61.1 Å². The van der Waals surface area contributed by atoms with Gasteiger partial charge in [-0.3, -0.25) is 9.78 Å². The lowest BCUT2D eigenvalue weighted by Crippen LogP contribution is -2.14. The molecule has 30 heavy (non-hydrogen) atoms. The number of ether oxygens (including phenoxy) is 2. The molecular weight excluding hydrogens is 385 g/mol. The summed E-state index contributed by atoms with van der Waals surface area (Å²) in [6, 6.07) is 11.9. The number of aryl methyl sites for hydroxylation is 2. The molecule has 1 aromatic heterocycles. The second-order valence-electron chi connectivity index (χ2n) is 6.73. The van der Waals surface area contributed by atoms with Crippen LogP contribution in [0, 0.1) is 5.82 Å². The number of benzene rings is 2. The number of aromatic nitrogens is 2. The second-order valence-corrected chi connectivity index (χ2v) is 6.73. The SMILES string of the molecule is COCCCOc1cc(CCc2ccc(F)cc2)cc(C(=O)Nc2cnccn2)c1. The molecule has 1 amide bonds. The Labute approximate surface area is 175 Å². The lowest BCUT2D eigenvalue weighted by atomic mass is 10.0. The molecule has 0 atom stereocenters. The Bertz CT molecular complexity index is 950. The van der Waals surface area contributed by atoms with Crippen molar-refractivity contribution < 1.29 is 18.7 Å². The third-order valence-electron chi connectivity index (χ3n) is 4.41. The molecular formula is C23H24FN3O3. The summed E-state index contributed by atoms with van der Waals surface area (Å²) in [4.78, 5) is 20.7. The molecule has 2 aromatic carbocycles. The Kier molecular flexibility index (Phi) is 7.86. The number of nitrogens with zero attached hydrogens (tertiary/aromatic N) is 2. The lowest BCUT2D eigenvalue weighted by Gasteiger charge is -2.12. The highest BCUT2D eigenvalue weighted by Crippen LogP contribution is 2.20. The molecule has 1 N–H and O–H groups in total. The van der Waals surface area contributed by atoms with Crippen LogP contribution in [0.2, 0.25) is 0 Å². The monoisotopic (exact) mass is 409 g/mol. The minimum absolute atomic E-state index is 0.256. The van der Waals surface area contributed by atoms with E-state index in [1.165, 1.54) is 30.7 Å². The number of hydrogen-bond acceptors (Lipinski definition) is 5. The number of halogens is 1. The number of hydrogen-bond donors (Lipinski definition) is 1. The zero-order valence-corrected chi connectivity index (χ0v) is 16.8. The van der Waals surface area contributed by atoms with Crippen molar-refractivity contribution in [1.29, 1.82) is 0 Å². The summed E-state index contributed by atoms with van der Waals surface area (Å²) in [5, 5.41) is 2.74. The molecule has 7 heteroatoms. The highest BCUT2D eigenvalue weighted by Gasteiger charge is 2.11. The molecule has 0 unspecified atom stereocenters. The minimum atomic E-state index is -0.291. The predicted octanol–water partition coefficient (Wildman–Crippen LogP) is 4.07. The van der Waals surface area contributed by atoms with Crippen LogP contribution in [0.3, 0.4) is 0 Å². The highest BCUT2D eigenvalue weighted by molar-refractivity contribution is 6.04. The number of anilines is 1. The van der Waals surface area contributed by atoms with Gasteiger partial charge in [-0.25, -0.2) is 9.37 Å². The largest absolute Gasteiger partial charge is 0.493 e. The first-order valence-electron chi connectivity index (χ1n) is 9.71. The van der Waals surface area contributed by atoms with Crippen LogP contribution in [0.1, 0.15) is 27.9 Å². The molecule has 0 saturated heterocycles. The zero-order chi connectivity index (χ0) is 21.2. The van der Waals surface area contributed by atoms with Gasteiger partial charge in [-0.05, 0) is 54.3 Å². The Morgan fingerprint density at radius 2 is 1.83 bits per heavy atom. The first-order chi connectivity index (χ1) is 14.6. The van der Waals surface area contributed by atoms with Gasteiger partial charge in [0.1, 0.15) is 11.6 Å². The summed E-state index contributed by atoms with van der Waals surface area (Å²) in [5.74, 6) is 0.447. The Balaban J connectivity index is 1.74. The standard InChI is InChI=1S/C23H24FN3O3/c1-29-11-2-12-30-21-14-18(4-3-17-5-7-20(24)8-6-17)13-19(15-21)23(28)27-22-16-25-9-10-26-22/h5-10,13-16H,2-4,11-12H2,1H3,(H,26,27,28). The van der Waals surface area contributed by atoms with Gasteiger partial charge in [0.15, 0.2) is 5.82 Å². The normalized spacial score (nSPS) is 10.6. The quantitative estimate of drug-likeness (QED) is 0.511. The van der Waals surface area contributed by atoms with E-state index >= 15 is 0 Å². The minimum Gasteiger partial charge on any atom is -0.493 e. The van der Waals surface area contributed by atoms with E-state index in [1.807, 2.05) is 12.1 Å². The van der Waals surface area contributed by atoms with Crippen molar-refractivity contribution in [2.45, 2.75) is 19.3 Å². The van der Waals surface area contributed by atoms with Gasteiger partial charge in [0.05, 0.1) is 12.8 Å². The van der Waals surface area contributed by atoms with E-state index in [0.29, 0.717) is 36.8 Å². The van der Waals surface area contributed by atoms with Crippen LogP contribution in [-0.4, -0.2) is 36.2 Å². The second kappa shape index (κ2) is 11.0. The van der Waals surface area contributed by atoms with Crippen molar-refractivity contribution in [3.05, 3.63) is 83.6 Å². The van der Waals surface area contributed by atoms with Crippen LogP contribution in [-0.2, 0) is 17.6 Å². The predicted molar refractivity (Wildman–Crippen MR) is 112 cm³/mol. The Morgan fingerprint density at radius 3 is 2.57 bits per heavy atom. The molecule has 0 spiro atoms. The number of carbonyl (C=O) groups excluding carboxylic acids is 1. The molecule has 3 rings (SSSR count). The molecule has 3 aromatic rings. The molecule has 0 saturated carbocycles. The average molecular weight is 409 g/mol. The van der Waals surface area contributed by atoms with Crippen molar-refractivity contribution in [2.24, 2.45) is 0 Å². The Morgan fingerprint density at radius 1 is 1.03 bits per heavy atom.